The molecular weight excluding hydrogens is 360 g/mol. The van der Waals surface area contributed by atoms with E-state index in [9.17, 15) is 4.79 Å². The molecule has 0 radical (unpaired) electrons. The number of ether oxygens (including phenoxy) is 5. The van der Waals surface area contributed by atoms with Gasteiger partial charge in [-0.3, -0.25) is 4.79 Å². The molecule has 2 aliphatic heterocycles. The highest BCUT2D eigenvalue weighted by atomic mass is 16.6. The molecule has 28 heavy (non-hydrogen) atoms. The highest BCUT2D eigenvalue weighted by molar-refractivity contribution is 6.07. The van der Waals surface area contributed by atoms with Crippen LogP contribution < -0.4 is 14.2 Å². The normalized spacial score (nSPS) is 20.0. The first kappa shape index (κ1) is 18.5. The summed E-state index contributed by atoms with van der Waals surface area (Å²) in [5.41, 5.74) is 1.39. The van der Waals surface area contributed by atoms with Gasteiger partial charge in [-0.15, -0.1) is 0 Å². The monoisotopic (exact) mass is 382 g/mol. The second-order valence-corrected chi connectivity index (χ2v) is 6.66. The summed E-state index contributed by atoms with van der Waals surface area (Å²) < 4.78 is 26.9. The van der Waals surface area contributed by atoms with Gasteiger partial charge in [0.15, 0.2) is 5.78 Å². The Morgan fingerprint density at radius 2 is 1.61 bits per heavy atom. The highest BCUT2D eigenvalue weighted by Gasteiger charge is 2.23. The van der Waals surface area contributed by atoms with Gasteiger partial charge in [0.25, 0.3) is 0 Å². The van der Waals surface area contributed by atoms with E-state index in [1.807, 2.05) is 18.2 Å². The Balaban J connectivity index is 1.37. The second kappa shape index (κ2) is 8.46. The molecule has 2 aromatic rings. The molecule has 2 heterocycles. The summed E-state index contributed by atoms with van der Waals surface area (Å²) in [4.78, 5) is 12.4. The van der Waals surface area contributed by atoms with E-state index in [-0.39, 0.29) is 18.0 Å². The van der Waals surface area contributed by atoms with Crippen LogP contribution in [0.3, 0.4) is 0 Å². The van der Waals surface area contributed by atoms with Crippen molar-refractivity contribution < 1.29 is 28.5 Å². The van der Waals surface area contributed by atoms with Crippen molar-refractivity contribution in [2.75, 3.05) is 33.5 Å². The summed E-state index contributed by atoms with van der Waals surface area (Å²) in [6, 6.07) is 12.6. The fourth-order valence-corrected chi connectivity index (χ4v) is 2.60. The van der Waals surface area contributed by atoms with E-state index in [1.54, 1.807) is 37.5 Å². The molecule has 0 saturated carbocycles. The van der Waals surface area contributed by atoms with Crippen LogP contribution in [0.1, 0.15) is 15.9 Å². The van der Waals surface area contributed by atoms with Crippen LogP contribution in [0.15, 0.2) is 48.5 Å². The Kier molecular flexibility index (Phi) is 5.60. The summed E-state index contributed by atoms with van der Waals surface area (Å²) in [6.07, 6.45) is 3.67. The summed E-state index contributed by atoms with van der Waals surface area (Å²) in [6.45, 7) is 2.58. The molecule has 6 heteroatoms. The van der Waals surface area contributed by atoms with Gasteiger partial charge in [-0.2, -0.15) is 0 Å². The Labute approximate surface area is 163 Å². The quantitative estimate of drug-likeness (QED) is 0.357. The van der Waals surface area contributed by atoms with Gasteiger partial charge < -0.3 is 23.7 Å². The number of epoxide rings is 2. The number of hydrogen-bond donors (Lipinski definition) is 0. The van der Waals surface area contributed by atoms with Gasteiger partial charge in [0.1, 0.15) is 42.7 Å². The van der Waals surface area contributed by atoms with E-state index in [2.05, 4.69) is 0 Å². The third kappa shape index (κ3) is 5.12. The maximum atomic E-state index is 12.4. The largest absolute Gasteiger partial charge is 0.496 e. The Bertz CT molecular complexity index is 850. The van der Waals surface area contributed by atoms with Crippen LogP contribution in [0.5, 0.6) is 17.2 Å². The SMILES string of the molecule is COc1cc(OCC2CO2)ccc1/C=C/C(=O)c1ccc(OCC2CO2)cc1. The third-order valence-corrected chi connectivity index (χ3v) is 4.43. The van der Waals surface area contributed by atoms with Crippen LogP contribution >= 0.6 is 0 Å². The van der Waals surface area contributed by atoms with Crippen molar-refractivity contribution in [1.82, 2.24) is 0 Å². The Hall–Kier alpha value is -2.83. The summed E-state index contributed by atoms with van der Waals surface area (Å²) in [7, 11) is 1.59. The molecule has 0 amide bonds. The van der Waals surface area contributed by atoms with Crippen molar-refractivity contribution in [1.29, 1.82) is 0 Å². The van der Waals surface area contributed by atoms with Crippen molar-refractivity contribution >= 4 is 11.9 Å². The fourth-order valence-electron chi connectivity index (χ4n) is 2.60. The van der Waals surface area contributed by atoms with Crippen molar-refractivity contribution in [2.24, 2.45) is 0 Å². The number of carbonyl (C=O) groups excluding carboxylic acids is 1. The number of allylic oxidation sites excluding steroid dienone is 1. The average Bonchev–Trinajstić information content (AvgIpc) is 3.64. The van der Waals surface area contributed by atoms with Gasteiger partial charge in [-0.05, 0) is 48.6 Å². The lowest BCUT2D eigenvalue weighted by molar-refractivity contribution is 0.104. The number of rotatable bonds is 10. The molecule has 2 aromatic carbocycles. The van der Waals surface area contributed by atoms with Crippen molar-refractivity contribution in [3.63, 3.8) is 0 Å². The standard InChI is InChI=1S/C22H22O6/c1-24-22-10-18(26-12-20-14-28-20)8-4-16(22)5-9-21(23)15-2-6-17(7-3-15)25-11-19-13-27-19/h2-10,19-20H,11-14H2,1H3/b9-5+. The topological polar surface area (TPSA) is 69.8 Å². The van der Waals surface area contributed by atoms with E-state index >= 15 is 0 Å². The molecule has 0 bridgehead atoms. The zero-order valence-corrected chi connectivity index (χ0v) is 15.6. The molecule has 0 N–H and O–H groups in total. The van der Waals surface area contributed by atoms with E-state index in [1.165, 1.54) is 6.08 Å². The van der Waals surface area contributed by atoms with Gasteiger partial charge in [-0.25, -0.2) is 0 Å². The number of benzene rings is 2. The van der Waals surface area contributed by atoms with Gasteiger partial charge in [0.05, 0.1) is 20.3 Å². The first-order valence-electron chi connectivity index (χ1n) is 9.20. The minimum Gasteiger partial charge on any atom is -0.496 e. The maximum Gasteiger partial charge on any atom is 0.185 e. The molecule has 146 valence electrons. The molecule has 6 nitrogen and oxygen atoms in total. The Morgan fingerprint density at radius 1 is 1.00 bits per heavy atom. The van der Waals surface area contributed by atoms with E-state index in [0.717, 1.165) is 24.5 Å². The predicted octanol–water partition coefficient (Wildman–Crippen LogP) is 3.15. The third-order valence-electron chi connectivity index (χ3n) is 4.43. The van der Waals surface area contributed by atoms with Crippen LogP contribution in [0, 0.1) is 0 Å². The number of methoxy groups -OCH3 is 1. The predicted molar refractivity (Wildman–Crippen MR) is 103 cm³/mol. The number of hydrogen-bond acceptors (Lipinski definition) is 6. The number of ketones is 1. The zero-order chi connectivity index (χ0) is 19.3. The van der Waals surface area contributed by atoms with Gasteiger partial charge in [0, 0.05) is 17.2 Å². The first-order chi connectivity index (χ1) is 13.7. The molecule has 0 spiro atoms. The molecule has 0 aromatic heterocycles. The highest BCUT2D eigenvalue weighted by Crippen LogP contribution is 2.27. The molecule has 4 rings (SSSR count). The molecule has 0 aliphatic carbocycles. The van der Waals surface area contributed by atoms with Crippen LogP contribution in [0.4, 0.5) is 0 Å². The lowest BCUT2D eigenvalue weighted by Crippen LogP contribution is -2.04. The maximum absolute atomic E-state index is 12.4. The number of carbonyl (C=O) groups is 1. The van der Waals surface area contributed by atoms with Crippen LogP contribution in [-0.2, 0) is 9.47 Å². The van der Waals surface area contributed by atoms with Crippen LogP contribution in [0.25, 0.3) is 6.08 Å². The molecule has 2 unspecified atom stereocenters. The summed E-state index contributed by atoms with van der Waals surface area (Å²) in [5, 5.41) is 0. The van der Waals surface area contributed by atoms with Gasteiger partial charge in [-0.1, -0.05) is 0 Å². The van der Waals surface area contributed by atoms with E-state index in [0.29, 0.717) is 30.3 Å². The first-order valence-corrected chi connectivity index (χ1v) is 9.20. The lowest BCUT2D eigenvalue weighted by Gasteiger charge is -2.09. The molecule has 2 saturated heterocycles. The molecule has 2 fully saturated rings. The van der Waals surface area contributed by atoms with Crippen LogP contribution in [0.2, 0.25) is 0 Å². The zero-order valence-electron chi connectivity index (χ0n) is 15.6. The fraction of sp³-hybridized carbons (Fsp3) is 0.318. The Morgan fingerprint density at radius 3 is 2.21 bits per heavy atom. The average molecular weight is 382 g/mol. The lowest BCUT2D eigenvalue weighted by atomic mass is 10.1. The van der Waals surface area contributed by atoms with Gasteiger partial charge in [0.2, 0.25) is 0 Å². The smallest absolute Gasteiger partial charge is 0.185 e. The van der Waals surface area contributed by atoms with E-state index in [4.69, 9.17) is 23.7 Å². The molecular formula is C22H22O6. The minimum atomic E-state index is -0.0923. The summed E-state index contributed by atoms with van der Waals surface area (Å²) in [5.74, 6) is 1.99. The molecule has 2 aliphatic rings. The van der Waals surface area contributed by atoms with E-state index < -0.39 is 0 Å². The van der Waals surface area contributed by atoms with Crippen molar-refractivity contribution in [3.05, 3.63) is 59.7 Å². The van der Waals surface area contributed by atoms with Crippen molar-refractivity contribution in [2.45, 2.75) is 12.2 Å². The van der Waals surface area contributed by atoms with Crippen LogP contribution in [-0.4, -0.2) is 51.5 Å². The second-order valence-electron chi connectivity index (χ2n) is 6.66. The van der Waals surface area contributed by atoms with Crippen molar-refractivity contribution in [3.8, 4) is 17.2 Å². The molecule has 2 atom stereocenters. The minimum absolute atomic E-state index is 0.0923. The van der Waals surface area contributed by atoms with Gasteiger partial charge >= 0.3 is 0 Å². The summed E-state index contributed by atoms with van der Waals surface area (Å²) >= 11 is 0.